The van der Waals surface area contributed by atoms with E-state index in [4.69, 9.17) is 27.9 Å². The molecule has 0 atom stereocenters. The van der Waals surface area contributed by atoms with Crippen LogP contribution in [0.4, 0.5) is 17.3 Å². The third kappa shape index (κ3) is 6.33. The van der Waals surface area contributed by atoms with Gasteiger partial charge in [-0.3, -0.25) is 25.8 Å². The first-order chi connectivity index (χ1) is 13.8. The zero-order chi connectivity index (χ0) is 21.4. The van der Waals surface area contributed by atoms with Gasteiger partial charge in [-0.05, 0) is 24.6 Å². The molecule has 0 aliphatic rings. The molecule has 0 fully saturated rings. The van der Waals surface area contributed by atoms with E-state index in [0.717, 1.165) is 12.8 Å². The number of hydrazine groups is 1. The molecule has 0 aliphatic carbocycles. The van der Waals surface area contributed by atoms with Crippen LogP contribution in [0, 0.1) is 10.1 Å². The van der Waals surface area contributed by atoms with Crippen molar-refractivity contribution in [2.45, 2.75) is 19.8 Å². The third-order valence-corrected chi connectivity index (χ3v) is 4.30. The Balaban J connectivity index is 2.03. The number of nitrogens with one attached hydrogen (secondary N) is 2. The number of amides is 1. The minimum atomic E-state index is -0.601. The highest BCUT2D eigenvalue weighted by Crippen LogP contribution is 2.31. The number of carbonyl (C=O) groups excluding carboxylic acids is 1. The predicted molar refractivity (Wildman–Crippen MR) is 111 cm³/mol. The molecule has 2 rings (SSSR count). The van der Waals surface area contributed by atoms with Crippen LogP contribution in [0.25, 0.3) is 0 Å². The Bertz CT molecular complexity index is 883. The Morgan fingerprint density at radius 2 is 2.10 bits per heavy atom. The molecule has 0 spiro atoms. The Labute approximate surface area is 177 Å². The van der Waals surface area contributed by atoms with Crippen molar-refractivity contribution in [1.29, 1.82) is 0 Å². The van der Waals surface area contributed by atoms with Gasteiger partial charge in [0.25, 0.3) is 5.91 Å². The topological polar surface area (TPSA) is 123 Å². The van der Waals surface area contributed by atoms with Gasteiger partial charge in [0.05, 0.1) is 9.95 Å². The highest BCUT2D eigenvalue weighted by atomic mass is 35.5. The van der Waals surface area contributed by atoms with Crippen LogP contribution in [0.3, 0.4) is 0 Å². The number of benzene rings is 1. The average Bonchev–Trinajstić information content (AvgIpc) is 2.69. The van der Waals surface area contributed by atoms with Crippen molar-refractivity contribution >= 4 is 46.4 Å². The summed E-state index contributed by atoms with van der Waals surface area (Å²) >= 11 is 11.8. The van der Waals surface area contributed by atoms with Crippen molar-refractivity contribution in [3.05, 3.63) is 44.7 Å². The summed E-state index contributed by atoms with van der Waals surface area (Å²) in [6, 6.07) is 4.58. The molecule has 10 nitrogen and oxygen atoms in total. The number of halogens is 2. The highest BCUT2D eigenvalue weighted by Gasteiger charge is 2.25. The van der Waals surface area contributed by atoms with Crippen LogP contribution in [0.2, 0.25) is 10.0 Å². The maximum absolute atomic E-state index is 12.0. The van der Waals surface area contributed by atoms with Crippen molar-refractivity contribution in [3.63, 3.8) is 0 Å². The lowest BCUT2D eigenvalue weighted by Crippen LogP contribution is -2.34. The Kier molecular flexibility index (Phi) is 8.22. The number of unbranched alkanes of at least 4 members (excludes halogenated alkanes) is 1. The number of nitro groups is 1. The van der Waals surface area contributed by atoms with E-state index >= 15 is 0 Å². The van der Waals surface area contributed by atoms with Crippen molar-refractivity contribution in [2.75, 3.05) is 30.5 Å². The number of anilines is 2. The van der Waals surface area contributed by atoms with Crippen LogP contribution >= 0.6 is 23.2 Å². The third-order valence-electron chi connectivity index (χ3n) is 3.77. The van der Waals surface area contributed by atoms with Gasteiger partial charge < -0.3 is 9.64 Å². The van der Waals surface area contributed by atoms with Crippen molar-refractivity contribution in [2.24, 2.45) is 0 Å². The number of aromatic nitrogens is 2. The second kappa shape index (κ2) is 10.6. The summed E-state index contributed by atoms with van der Waals surface area (Å²) in [5.41, 5.74) is 4.42. The van der Waals surface area contributed by atoms with Gasteiger partial charge in [0.15, 0.2) is 6.61 Å². The summed E-state index contributed by atoms with van der Waals surface area (Å²) in [7, 11) is 1.71. The summed E-state index contributed by atoms with van der Waals surface area (Å²) in [4.78, 5) is 32.5. The molecule has 1 aromatic heterocycles. The lowest BCUT2D eigenvalue weighted by molar-refractivity contribution is -0.383. The van der Waals surface area contributed by atoms with E-state index in [1.54, 1.807) is 18.0 Å². The first-order valence-corrected chi connectivity index (χ1v) is 9.42. The molecule has 29 heavy (non-hydrogen) atoms. The molecule has 0 aliphatic heterocycles. The largest absolute Gasteiger partial charge is 0.482 e. The molecular weight excluding hydrogens is 423 g/mol. The second-order valence-corrected chi connectivity index (χ2v) is 6.81. The minimum absolute atomic E-state index is 0.138. The van der Waals surface area contributed by atoms with E-state index in [-0.39, 0.29) is 34.7 Å². The van der Waals surface area contributed by atoms with Gasteiger partial charge >= 0.3 is 5.69 Å². The SMILES string of the molecule is CCCCN(C)c1ncnc(NNC(=O)COc2ccc(Cl)cc2Cl)c1[N+](=O)[O-]. The molecule has 0 bridgehead atoms. The fourth-order valence-corrected chi connectivity index (χ4v) is 2.77. The van der Waals surface area contributed by atoms with Crippen molar-refractivity contribution in [3.8, 4) is 5.75 Å². The van der Waals surface area contributed by atoms with E-state index < -0.39 is 10.8 Å². The molecule has 1 aromatic carbocycles. The first kappa shape index (κ1) is 22.4. The maximum Gasteiger partial charge on any atom is 0.355 e. The number of hydrogen-bond acceptors (Lipinski definition) is 8. The predicted octanol–water partition coefficient (Wildman–Crippen LogP) is 3.45. The van der Waals surface area contributed by atoms with E-state index in [2.05, 4.69) is 20.8 Å². The molecule has 0 saturated carbocycles. The number of ether oxygens (including phenoxy) is 1. The monoisotopic (exact) mass is 442 g/mol. The maximum atomic E-state index is 12.0. The van der Waals surface area contributed by atoms with Gasteiger partial charge in [-0.1, -0.05) is 36.5 Å². The number of hydrogen-bond donors (Lipinski definition) is 2. The van der Waals surface area contributed by atoms with Crippen LogP contribution in [0.1, 0.15) is 19.8 Å². The van der Waals surface area contributed by atoms with Gasteiger partial charge in [0, 0.05) is 18.6 Å². The fraction of sp³-hybridized carbons (Fsp3) is 0.353. The van der Waals surface area contributed by atoms with Gasteiger partial charge in [0.2, 0.25) is 11.6 Å². The zero-order valence-corrected chi connectivity index (χ0v) is 17.3. The van der Waals surface area contributed by atoms with Gasteiger partial charge in [-0.2, -0.15) is 0 Å². The standard InChI is InChI=1S/C17H20Cl2N6O4/c1-3-4-7-24(2)17-15(25(27)28)16(20-10-21-17)23-22-14(26)9-29-13-6-5-11(18)8-12(13)19/h5-6,8,10H,3-4,7,9H2,1-2H3,(H,22,26)(H,20,21,23). The van der Waals surface area contributed by atoms with E-state index in [9.17, 15) is 14.9 Å². The molecule has 1 heterocycles. The highest BCUT2D eigenvalue weighted by molar-refractivity contribution is 6.35. The summed E-state index contributed by atoms with van der Waals surface area (Å²) < 4.78 is 5.31. The molecule has 0 radical (unpaired) electrons. The lowest BCUT2D eigenvalue weighted by atomic mass is 10.3. The van der Waals surface area contributed by atoms with Gasteiger partial charge in [-0.15, -0.1) is 0 Å². The van der Waals surface area contributed by atoms with Crippen molar-refractivity contribution in [1.82, 2.24) is 15.4 Å². The molecule has 156 valence electrons. The molecule has 1 amide bonds. The number of rotatable bonds is 10. The van der Waals surface area contributed by atoms with E-state index in [1.165, 1.54) is 18.5 Å². The summed E-state index contributed by atoms with van der Waals surface area (Å²) in [5.74, 6) is -0.301. The molecule has 12 heteroatoms. The summed E-state index contributed by atoms with van der Waals surface area (Å²) in [6.07, 6.45) is 2.97. The van der Waals surface area contributed by atoms with Crippen LogP contribution in [0.15, 0.2) is 24.5 Å². The number of carbonyl (C=O) groups is 1. The van der Waals surface area contributed by atoms with Gasteiger partial charge in [0.1, 0.15) is 12.1 Å². The minimum Gasteiger partial charge on any atom is -0.482 e. The first-order valence-electron chi connectivity index (χ1n) is 8.66. The fourth-order valence-electron chi connectivity index (χ4n) is 2.31. The molecular formula is C17H20Cl2N6O4. The lowest BCUT2D eigenvalue weighted by Gasteiger charge is -2.18. The van der Waals surface area contributed by atoms with Crippen molar-refractivity contribution < 1.29 is 14.5 Å². The summed E-state index contributed by atoms with van der Waals surface area (Å²) in [6.45, 7) is 2.23. The van der Waals surface area contributed by atoms with Crippen LogP contribution in [0.5, 0.6) is 5.75 Å². The van der Waals surface area contributed by atoms with E-state index in [1.807, 2.05) is 6.92 Å². The average molecular weight is 443 g/mol. The summed E-state index contributed by atoms with van der Waals surface area (Å²) in [5, 5.41) is 12.2. The normalized spacial score (nSPS) is 10.3. The zero-order valence-electron chi connectivity index (χ0n) is 15.8. The van der Waals surface area contributed by atoms with Gasteiger partial charge in [-0.25, -0.2) is 9.97 Å². The van der Waals surface area contributed by atoms with Crippen LogP contribution in [-0.2, 0) is 4.79 Å². The Hall–Kier alpha value is -2.85. The quantitative estimate of drug-likeness (QED) is 0.423. The molecule has 2 N–H and O–H groups in total. The van der Waals surface area contributed by atoms with E-state index in [0.29, 0.717) is 11.6 Å². The Morgan fingerprint density at radius 1 is 1.34 bits per heavy atom. The molecule has 2 aromatic rings. The Morgan fingerprint density at radius 3 is 2.76 bits per heavy atom. The smallest absolute Gasteiger partial charge is 0.355 e. The van der Waals surface area contributed by atoms with Crippen LogP contribution in [-0.4, -0.2) is 41.0 Å². The van der Waals surface area contributed by atoms with Crippen LogP contribution < -0.4 is 20.5 Å². The number of nitrogens with zero attached hydrogens (tertiary/aromatic N) is 4. The second-order valence-electron chi connectivity index (χ2n) is 5.96. The molecule has 0 unspecified atom stereocenters. The molecule has 0 saturated heterocycles.